The lowest BCUT2D eigenvalue weighted by molar-refractivity contribution is -0.136. The molecule has 2 aromatic rings. The fourth-order valence-corrected chi connectivity index (χ4v) is 4.85. The number of carbonyl (C=O) groups excluding carboxylic acids is 1. The van der Waals surface area contributed by atoms with Crippen LogP contribution in [0.5, 0.6) is 0 Å². The predicted molar refractivity (Wildman–Crippen MR) is 93.1 cm³/mol. The Morgan fingerprint density at radius 3 is 3.25 bits per heavy atom. The number of ether oxygens (including phenoxy) is 1. The third-order valence-electron chi connectivity index (χ3n) is 5.13. The molecule has 5 nitrogen and oxygen atoms in total. The number of fused-ring (bicyclic) bond motifs is 1. The summed E-state index contributed by atoms with van der Waals surface area (Å²) in [6, 6.07) is 2.51. The van der Waals surface area contributed by atoms with Gasteiger partial charge in [-0.2, -0.15) is 0 Å². The van der Waals surface area contributed by atoms with Crippen LogP contribution in [0, 0.1) is 6.92 Å². The highest BCUT2D eigenvalue weighted by Gasteiger charge is 2.30. The van der Waals surface area contributed by atoms with Crippen molar-refractivity contribution in [2.45, 2.75) is 44.8 Å². The third-order valence-corrected chi connectivity index (χ3v) is 6.18. The van der Waals surface area contributed by atoms with E-state index in [0.29, 0.717) is 12.5 Å². The molecule has 1 amide bonds. The van der Waals surface area contributed by atoms with Gasteiger partial charge in [-0.05, 0) is 43.2 Å². The molecular weight excluding hydrogens is 322 g/mol. The number of amides is 1. The van der Waals surface area contributed by atoms with Crippen LogP contribution in [-0.4, -0.2) is 40.1 Å². The van der Waals surface area contributed by atoms with E-state index in [2.05, 4.69) is 21.0 Å². The standard InChI is InChI=1S/C18H23N3O2S/c1-13-19-6-8-21(13)15-3-2-7-20(12-15)17(22)11-16-18-14(4-9-23-16)5-10-24-18/h5-6,8,10,15-16H,2-4,7,9,11-12H2,1H3/t15-,16+/m1/s1. The summed E-state index contributed by atoms with van der Waals surface area (Å²) in [6.45, 7) is 4.38. The van der Waals surface area contributed by atoms with Gasteiger partial charge in [-0.25, -0.2) is 4.98 Å². The van der Waals surface area contributed by atoms with Crippen LogP contribution in [0.25, 0.3) is 0 Å². The highest BCUT2D eigenvalue weighted by molar-refractivity contribution is 7.10. The Kier molecular flexibility index (Phi) is 4.41. The first-order valence-electron chi connectivity index (χ1n) is 8.67. The summed E-state index contributed by atoms with van der Waals surface area (Å²) >= 11 is 1.71. The Hall–Kier alpha value is -1.66. The molecule has 1 saturated heterocycles. The van der Waals surface area contributed by atoms with Crippen LogP contribution in [0.3, 0.4) is 0 Å². The van der Waals surface area contributed by atoms with Gasteiger partial charge in [0, 0.05) is 30.4 Å². The van der Waals surface area contributed by atoms with E-state index in [9.17, 15) is 4.79 Å². The second-order valence-electron chi connectivity index (χ2n) is 6.64. The molecule has 0 unspecified atom stereocenters. The lowest BCUT2D eigenvalue weighted by Gasteiger charge is -2.35. The molecular formula is C18H23N3O2S. The van der Waals surface area contributed by atoms with Crippen molar-refractivity contribution in [1.82, 2.24) is 14.5 Å². The average molecular weight is 345 g/mol. The monoisotopic (exact) mass is 345 g/mol. The van der Waals surface area contributed by atoms with Crippen LogP contribution >= 0.6 is 11.3 Å². The van der Waals surface area contributed by atoms with Crippen molar-refractivity contribution in [3.8, 4) is 0 Å². The summed E-state index contributed by atoms with van der Waals surface area (Å²) in [5, 5.41) is 2.11. The fraction of sp³-hybridized carbons (Fsp3) is 0.556. The number of piperidine rings is 1. The summed E-state index contributed by atoms with van der Waals surface area (Å²) in [7, 11) is 0. The van der Waals surface area contributed by atoms with E-state index in [1.54, 1.807) is 11.3 Å². The van der Waals surface area contributed by atoms with Crippen molar-refractivity contribution in [1.29, 1.82) is 0 Å². The highest BCUT2D eigenvalue weighted by atomic mass is 32.1. The molecule has 128 valence electrons. The molecule has 24 heavy (non-hydrogen) atoms. The first kappa shape index (κ1) is 15.8. The van der Waals surface area contributed by atoms with E-state index in [4.69, 9.17) is 4.74 Å². The molecule has 2 aliphatic rings. The Balaban J connectivity index is 1.43. The number of hydrogen-bond donors (Lipinski definition) is 0. The number of aryl methyl sites for hydroxylation is 1. The van der Waals surface area contributed by atoms with Crippen LogP contribution < -0.4 is 0 Å². The van der Waals surface area contributed by atoms with Crippen molar-refractivity contribution < 1.29 is 9.53 Å². The predicted octanol–water partition coefficient (Wildman–Crippen LogP) is 3.12. The lowest BCUT2D eigenvalue weighted by atomic mass is 10.0. The Morgan fingerprint density at radius 1 is 1.50 bits per heavy atom. The van der Waals surface area contributed by atoms with Crippen molar-refractivity contribution in [2.24, 2.45) is 0 Å². The van der Waals surface area contributed by atoms with Gasteiger partial charge in [0.2, 0.25) is 5.91 Å². The fourth-order valence-electron chi connectivity index (χ4n) is 3.84. The second-order valence-corrected chi connectivity index (χ2v) is 7.59. The van der Waals surface area contributed by atoms with Gasteiger partial charge in [0.1, 0.15) is 11.9 Å². The molecule has 2 aliphatic heterocycles. The number of imidazole rings is 1. The molecule has 2 aromatic heterocycles. The van der Waals surface area contributed by atoms with Crippen LogP contribution in [0.1, 0.15) is 47.7 Å². The third kappa shape index (κ3) is 3.00. The molecule has 4 rings (SSSR count). The van der Waals surface area contributed by atoms with Gasteiger partial charge in [-0.1, -0.05) is 0 Å². The normalized spacial score (nSPS) is 24.0. The van der Waals surface area contributed by atoms with Crippen molar-refractivity contribution >= 4 is 17.2 Å². The van der Waals surface area contributed by atoms with Crippen LogP contribution in [-0.2, 0) is 16.0 Å². The Bertz CT molecular complexity index is 723. The minimum atomic E-state index is -0.0587. The van der Waals surface area contributed by atoms with E-state index >= 15 is 0 Å². The van der Waals surface area contributed by atoms with Gasteiger partial charge in [0.25, 0.3) is 0 Å². The van der Waals surface area contributed by atoms with E-state index in [-0.39, 0.29) is 12.0 Å². The lowest BCUT2D eigenvalue weighted by Crippen LogP contribution is -2.41. The molecule has 4 heterocycles. The van der Waals surface area contributed by atoms with Crippen LogP contribution in [0.15, 0.2) is 23.8 Å². The summed E-state index contributed by atoms with van der Waals surface area (Å²) in [4.78, 5) is 20.4. The first-order chi connectivity index (χ1) is 11.7. The van der Waals surface area contributed by atoms with Crippen molar-refractivity contribution in [3.63, 3.8) is 0 Å². The number of likely N-dealkylation sites (tertiary alicyclic amines) is 1. The smallest absolute Gasteiger partial charge is 0.225 e. The summed E-state index contributed by atoms with van der Waals surface area (Å²) < 4.78 is 8.09. The molecule has 0 N–H and O–H groups in total. The van der Waals surface area contributed by atoms with Crippen LogP contribution in [0.2, 0.25) is 0 Å². The zero-order valence-electron chi connectivity index (χ0n) is 14.0. The van der Waals surface area contributed by atoms with Gasteiger partial charge in [-0.15, -0.1) is 11.3 Å². The maximum Gasteiger partial charge on any atom is 0.225 e. The summed E-state index contributed by atoms with van der Waals surface area (Å²) in [5.74, 6) is 1.23. The van der Waals surface area contributed by atoms with Crippen molar-refractivity contribution in [3.05, 3.63) is 40.1 Å². The molecule has 0 bridgehead atoms. The SMILES string of the molecule is Cc1nccn1[C@@H]1CCCN(C(=O)C[C@@H]2OCCc3ccsc32)C1. The molecule has 0 spiro atoms. The summed E-state index contributed by atoms with van der Waals surface area (Å²) in [6.07, 6.45) is 7.38. The molecule has 0 aliphatic carbocycles. The van der Waals surface area contributed by atoms with E-state index in [0.717, 1.165) is 44.8 Å². The van der Waals surface area contributed by atoms with E-state index < -0.39 is 0 Å². The van der Waals surface area contributed by atoms with Crippen molar-refractivity contribution in [2.75, 3.05) is 19.7 Å². The number of hydrogen-bond acceptors (Lipinski definition) is 4. The zero-order valence-corrected chi connectivity index (χ0v) is 14.8. The number of carbonyl (C=O) groups is 1. The number of thiophene rings is 1. The first-order valence-corrected chi connectivity index (χ1v) is 9.55. The molecule has 1 fully saturated rings. The average Bonchev–Trinajstić information content (AvgIpc) is 3.24. The minimum absolute atomic E-state index is 0.0587. The highest BCUT2D eigenvalue weighted by Crippen LogP contribution is 2.34. The molecule has 2 atom stereocenters. The quantitative estimate of drug-likeness (QED) is 0.859. The number of rotatable bonds is 3. The Morgan fingerprint density at radius 2 is 2.42 bits per heavy atom. The molecule has 0 radical (unpaired) electrons. The molecule has 0 saturated carbocycles. The molecule has 6 heteroatoms. The molecule has 0 aromatic carbocycles. The van der Waals surface area contributed by atoms with Gasteiger partial charge in [0.05, 0.1) is 19.1 Å². The van der Waals surface area contributed by atoms with E-state index in [1.807, 2.05) is 24.2 Å². The van der Waals surface area contributed by atoms with Gasteiger partial charge >= 0.3 is 0 Å². The van der Waals surface area contributed by atoms with Gasteiger partial charge in [0.15, 0.2) is 0 Å². The summed E-state index contributed by atoms with van der Waals surface area (Å²) in [5.41, 5.74) is 1.36. The minimum Gasteiger partial charge on any atom is -0.372 e. The zero-order chi connectivity index (χ0) is 16.5. The number of nitrogens with zero attached hydrogens (tertiary/aromatic N) is 3. The van der Waals surface area contributed by atoms with Gasteiger partial charge < -0.3 is 14.2 Å². The second kappa shape index (κ2) is 6.69. The maximum absolute atomic E-state index is 12.8. The van der Waals surface area contributed by atoms with Gasteiger partial charge in [-0.3, -0.25) is 4.79 Å². The topological polar surface area (TPSA) is 47.4 Å². The Labute approximate surface area is 146 Å². The largest absolute Gasteiger partial charge is 0.372 e. The number of aromatic nitrogens is 2. The van der Waals surface area contributed by atoms with Crippen LogP contribution in [0.4, 0.5) is 0 Å². The van der Waals surface area contributed by atoms with E-state index in [1.165, 1.54) is 10.4 Å². The maximum atomic E-state index is 12.8.